The summed E-state index contributed by atoms with van der Waals surface area (Å²) in [5.74, 6) is 0. The van der Waals surface area contributed by atoms with Crippen molar-refractivity contribution in [2.24, 2.45) is 0 Å². The zero-order valence-corrected chi connectivity index (χ0v) is 8.91. The molecule has 1 rings (SSSR count). The van der Waals surface area contributed by atoms with Gasteiger partial charge in [-0.05, 0) is 26.2 Å². The third-order valence-corrected chi connectivity index (χ3v) is 2.11. The molecule has 14 heavy (non-hydrogen) atoms. The molecule has 2 atom stereocenters. The topological polar surface area (TPSA) is 27.7 Å². The van der Waals surface area contributed by atoms with E-state index in [9.17, 15) is 0 Å². The highest BCUT2D eigenvalue weighted by molar-refractivity contribution is 4.64. The lowest BCUT2D eigenvalue weighted by Gasteiger charge is -2.25. The number of ether oxygens (including phenoxy) is 3. The fourth-order valence-corrected chi connectivity index (χ4v) is 1.43. The summed E-state index contributed by atoms with van der Waals surface area (Å²) in [5, 5.41) is 0. The van der Waals surface area contributed by atoms with Crippen molar-refractivity contribution >= 4 is 0 Å². The molecule has 1 saturated heterocycles. The molecule has 1 aliphatic heterocycles. The normalized spacial score (nSPS) is 24.5. The van der Waals surface area contributed by atoms with Gasteiger partial charge in [-0.2, -0.15) is 0 Å². The molecule has 0 aromatic heterocycles. The maximum Gasteiger partial charge on any atom is 0.158 e. The summed E-state index contributed by atoms with van der Waals surface area (Å²) >= 11 is 0. The first-order valence-corrected chi connectivity index (χ1v) is 5.28. The van der Waals surface area contributed by atoms with Gasteiger partial charge in [-0.15, -0.1) is 6.58 Å². The maximum absolute atomic E-state index is 5.66. The molecule has 1 heterocycles. The molecule has 82 valence electrons. The van der Waals surface area contributed by atoms with Crippen LogP contribution >= 0.6 is 0 Å². The van der Waals surface area contributed by atoms with Crippen molar-refractivity contribution in [1.82, 2.24) is 0 Å². The van der Waals surface area contributed by atoms with Crippen molar-refractivity contribution in [2.75, 3.05) is 19.8 Å². The van der Waals surface area contributed by atoms with E-state index in [2.05, 4.69) is 6.58 Å². The van der Waals surface area contributed by atoms with E-state index in [-0.39, 0.29) is 12.4 Å². The lowest BCUT2D eigenvalue weighted by atomic mass is 10.2. The second kappa shape index (κ2) is 6.98. The van der Waals surface area contributed by atoms with Gasteiger partial charge in [0.05, 0.1) is 19.3 Å². The van der Waals surface area contributed by atoms with Crippen molar-refractivity contribution in [3.8, 4) is 0 Å². The van der Waals surface area contributed by atoms with E-state index >= 15 is 0 Å². The molecule has 1 aliphatic rings. The van der Waals surface area contributed by atoms with E-state index in [0.29, 0.717) is 13.2 Å². The van der Waals surface area contributed by atoms with Crippen LogP contribution in [0.1, 0.15) is 26.2 Å². The Hall–Kier alpha value is -0.380. The molecular weight excluding hydrogens is 180 g/mol. The highest BCUT2D eigenvalue weighted by Gasteiger charge is 2.16. The quantitative estimate of drug-likeness (QED) is 0.485. The van der Waals surface area contributed by atoms with E-state index in [4.69, 9.17) is 14.2 Å². The van der Waals surface area contributed by atoms with Gasteiger partial charge >= 0.3 is 0 Å². The lowest BCUT2D eigenvalue weighted by molar-refractivity contribution is -0.193. The third kappa shape index (κ3) is 4.74. The van der Waals surface area contributed by atoms with Crippen LogP contribution in [-0.4, -0.2) is 32.2 Å². The average Bonchev–Trinajstić information content (AvgIpc) is 2.20. The number of hydrogen-bond donors (Lipinski definition) is 0. The molecule has 0 aromatic rings. The van der Waals surface area contributed by atoms with E-state index in [1.807, 2.05) is 6.92 Å². The Morgan fingerprint density at radius 2 is 2.43 bits per heavy atom. The molecule has 3 heteroatoms. The zero-order chi connectivity index (χ0) is 10.2. The molecule has 0 N–H and O–H groups in total. The van der Waals surface area contributed by atoms with Crippen molar-refractivity contribution < 1.29 is 14.2 Å². The Balaban J connectivity index is 2.05. The van der Waals surface area contributed by atoms with Gasteiger partial charge in [0.15, 0.2) is 6.29 Å². The van der Waals surface area contributed by atoms with Crippen molar-refractivity contribution in [3.05, 3.63) is 12.7 Å². The minimum Gasteiger partial charge on any atom is -0.375 e. The maximum atomic E-state index is 5.66. The second-order valence-electron chi connectivity index (χ2n) is 3.57. The van der Waals surface area contributed by atoms with Crippen LogP contribution in [0, 0.1) is 0 Å². The van der Waals surface area contributed by atoms with Gasteiger partial charge in [0, 0.05) is 6.61 Å². The summed E-state index contributed by atoms with van der Waals surface area (Å²) in [7, 11) is 0. The minimum atomic E-state index is -0.0221. The van der Waals surface area contributed by atoms with Crippen LogP contribution in [0.4, 0.5) is 0 Å². The predicted octanol–water partition coefficient (Wildman–Crippen LogP) is 2.12. The predicted molar refractivity (Wildman–Crippen MR) is 55.2 cm³/mol. The molecule has 0 saturated carbocycles. The van der Waals surface area contributed by atoms with Crippen LogP contribution in [0.15, 0.2) is 12.7 Å². The Morgan fingerprint density at radius 1 is 1.57 bits per heavy atom. The molecule has 0 bridgehead atoms. The Morgan fingerprint density at radius 3 is 3.07 bits per heavy atom. The lowest BCUT2D eigenvalue weighted by Crippen LogP contribution is -2.28. The van der Waals surface area contributed by atoms with Crippen LogP contribution in [0.5, 0.6) is 0 Å². The SMILES string of the molecule is C=CCOC[C@@H](C)OC1CCCCO1. The molecule has 0 amide bonds. The van der Waals surface area contributed by atoms with Gasteiger partial charge in [-0.25, -0.2) is 0 Å². The van der Waals surface area contributed by atoms with Crippen molar-refractivity contribution in [2.45, 2.75) is 38.6 Å². The summed E-state index contributed by atoms with van der Waals surface area (Å²) in [4.78, 5) is 0. The average molecular weight is 200 g/mol. The van der Waals surface area contributed by atoms with E-state index < -0.39 is 0 Å². The van der Waals surface area contributed by atoms with E-state index in [1.54, 1.807) is 6.08 Å². The molecule has 0 aliphatic carbocycles. The molecule has 0 aromatic carbocycles. The van der Waals surface area contributed by atoms with E-state index in [1.165, 1.54) is 6.42 Å². The van der Waals surface area contributed by atoms with Crippen LogP contribution < -0.4 is 0 Å². The fourth-order valence-electron chi connectivity index (χ4n) is 1.43. The monoisotopic (exact) mass is 200 g/mol. The minimum absolute atomic E-state index is 0.0221. The fraction of sp³-hybridized carbons (Fsp3) is 0.818. The van der Waals surface area contributed by atoms with Gasteiger partial charge in [0.2, 0.25) is 0 Å². The number of rotatable bonds is 6. The molecule has 0 spiro atoms. The van der Waals surface area contributed by atoms with Gasteiger partial charge in [-0.3, -0.25) is 0 Å². The third-order valence-electron chi connectivity index (χ3n) is 2.11. The Kier molecular flexibility index (Phi) is 5.83. The number of hydrogen-bond acceptors (Lipinski definition) is 3. The highest BCUT2D eigenvalue weighted by atomic mass is 16.7. The first-order valence-electron chi connectivity index (χ1n) is 5.28. The summed E-state index contributed by atoms with van der Waals surface area (Å²) in [6, 6.07) is 0. The Labute approximate surface area is 86.0 Å². The molecular formula is C11H20O3. The summed E-state index contributed by atoms with van der Waals surface area (Å²) in [6.07, 6.45) is 5.17. The smallest absolute Gasteiger partial charge is 0.158 e. The van der Waals surface area contributed by atoms with Crippen molar-refractivity contribution in [1.29, 1.82) is 0 Å². The molecule has 3 nitrogen and oxygen atoms in total. The van der Waals surface area contributed by atoms with Gasteiger partial charge in [0.1, 0.15) is 0 Å². The van der Waals surface area contributed by atoms with Crippen molar-refractivity contribution in [3.63, 3.8) is 0 Å². The van der Waals surface area contributed by atoms with Crippen LogP contribution in [0.25, 0.3) is 0 Å². The van der Waals surface area contributed by atoms with Gasteiger partial charge in [0.25, 0.3) is 0 Å². The summed E-state index contributed by atoms with van der Waals surface area (Å²) < 4.78 is 16.4. The van der Waals surface area contributed by atoms with E-state index in [0.717, 1.165) is 19.4 Å². The molecule has 0 radical (unpaired) electrons. The first kappa shape index (κ1) is 11.7. The second-order valence-corrected chi connectivity index (χ2v) is 3.57. The first-order chi connectivity index (χ1) is 6.83. The molecule has 1 unspecified atom stereocenters. The summed E-state index contributed by atoms with van der Waals surface area (Å²) in [6.45, 7) is 7.59. The van der Waals surface area contributed by atoms with Gasteiger partial charge < -0.3 is 14.2 Å². The highest BCUT2D eigenvalue weighted by Crippen LogP contribution is 2.15. The van der Waals surface area contributed by atoms with Crippen LogP contribution in [0.3, 0.4) is 0 Å². The standard InChI is InChI=1S/C11H20O3/c1-3-7-12-9-10(2)14-11-6-4-5-8-13-11/h3,10-11H,1,4-9H2,2H3/t10-,11?/m1/s1. The van der Waals surface area contributed by atoms with Gasteiger partial charge in [-0.1, -0.05) is 6.08 Å². The summed E-state index contributed by atoms with van der Waals surface area (Å²) in [5.41, 5.74) is 0. The largest absolute Gasteiger partial charge is 0.375 e. The zero-order valence-electron chi connectivity index (χ0n) is 8.91. The van der Waals surface area contributed by atoms with Crippen LogP contribution in [0.2, 0.25) is 0 Å². The van der Waals surface area contributed by atoms with Crippen LogP contribution in [-0.2, 0) is 14.2 Å². The Bertz CT molecular complexity index is 153. The molecule has 1 fully saturated rings.